The summed E-state index contributed by atoms with van der Waals surface area (Å²) < 4.78 is 5.44. The number of rotatable bonds is 9. The van der Waals surface area contributed by atoms with Gasteiger partial charge >= 0.3 is 0 Å². The Labute approximate surface area is 231 Å². The van der Waals surface area contributed by atoms with Crippen molar-refractivity contribution >= 4 is 39.9 Å². The van der Waals surface area contributed by atoms with Crippen molar-refractivity contribution in [2.45, 2.75) is 51.4 Å². The van der Waals surface area contributed by atoms with E-state index in [1.165, 1.54) is 0 Å². The van der Waals surface area contributed by atoms with Crippen LogP contribution in [0, 0.1) is 6.92 Å². The molecule has 1 aliphatic carbocycles. The molecule has 8 nitrogen and oxygen atoms in total. The van der Waals surface area contributed by atoms with Crippen molar-refractivity contribution in [2.24, 2.45) is 0 Å². The average molecular weight is 542 g/mol. The van der Waals surface area contributed by atoms with Crippen LogP contribution in [-0.4, -0.2) is 46.9 Å². The number of amides is 2. The highest BCUT2D eigenvalue weighted by Crippen LogP contribution is 2.35. The Morgan fingerprint density at radius 2 is 1.95 bits per heavy atom. The molecule has 39 heavy (non-hydrogen) atoms. The van der Waals surface area contributed by atoms with Gasteiger partial charge in [0.25, 0.3) is 5.91 Å². The van der Waals surface area contributed by atoms with Crippen LogP contribution in [0.3, 0.4) is 0 Å². The van der Waals surface area contributed by atoms with Gasteiger partial charge in [-0.2, -0.15) is 0 Å². The standard InChI is InChI=1S/C30H31N5O3S/c1-18-31-21(17-39-18)16-34(2)29-20(12-19-8-11-23(38-3)13-26(19)32-29)15-35(22-9-10-22)28(36)14-27-24-6-4-5-7-25(24)30(37)33-27/h4-8,11-13,17,22,27H,9-10,14-16H2,1-3H3,(H,33,37). The number of fused-ring (bicyclic) bond motifs is 2. The molecule has 2 amide bonds. The Morgan fingerprint density at radius 3 is 2.69 bits per heavy atom. The van der Waals surface area contributed by atoms with Crippen LogP contribution >= 0.6 is 11.3 Å². The number of carbonyl (C=O) groups is 2. The number of aryl methyl sites for hydroxylation is 1. The van der Waals surface area contributed by atoms with Gasteiger partial charge in [0.05, 0.1) is 42.3 Å². The zero-order chi connectivity index (χ0) is 27.1. The minimum atomic E-state index is -0.306. The zero-order valence-corrected chi connectivity index (χ0v) is 23.1. The lowest BCUT2D eigenvalue weighted by Crippen LogP contribution is -2.36. The summed E-state index contributed by atoms with van der Waals surface area (Å²) in [5, 5.41) is 7.09. The van der Waals surface area contributed by atoms with Gasteiger partial charge in [-0.25, -0.2) is 9.97 Å². The molecule has 0 saturated heterocycles. The predicted octanol–water partition coefficient (Wildman–Crippen LogP) is 5.01. The van der Waals surface area contributed by atoms with Gasteiger partial charge in [0.1, 0.15) is 11.6 Å². The van der Waals surface area contributed by atoms with E-state index in [0.29, 0.717) is 18.7 Å². The summed E-state index contributed by atoms with van der Waals surface area (Å²) >= 11 is 1.63. The summed E-state index contributed by atoms with van der Waals surface area (Å²) in [5.74, 6) is 1.49. The van der Waals surface area contributed by atoms with Gasteiger partial charge < -0.3 is 19.9 Å². The zero-order valence-electron chi connectivity index (χ0n) is 22.3. The Kier molecular flexibility index (Phi) is 6.68. The summed E-state index contributed by atoms with van der Waals surface area (Å²) in [5.41, 5.74) is 4.36. The number of nitrogens with one attached hydrogen (secondary N) is 1. The number of carbonyl (C=O) groups excluding carboxylic acids is 2. The number of methoxy groups -OCH3 is 1. The first-order valence-electron chi connectivity index (χ1n) is 13.2. The molecule has 1 saturated carbocycles. The summed E-state index contributed by atoms with van der Waals surface area (Å²) in [6.45, 7) is 3.07. The quantitative estimate of drug-likeness (QED) is 0.321. The predicted molar refractivity (Wildman–Crippen MR) is 152 cm³/mol. The summed E-state index contributed by atoms with van der Waals surface area (Å²) in [4.78, 5) is 39.9. The van der Waals surface area contributed by atoms with Crippen molar-refractivity contribution in [1.82, 2.24) is 20.2 Å². The Morgan fingerprint density at radius 1 is 1.13 bits per heavy atom. The molecular formula is C30H31N5O3S. The highest BCUT2D eigenvalue weighted by atomic mass is 32.1. The molecule has 200 valence electrons. The topological polar surface area (TPSA) is 87.7 Å². The van der Waals surface area contributed by atoms with Crippen molar-refractivity contribution in [1.29, 1.82) is 0 Å². The number of pyridine rings is 1. The lowest BCUT2D eigenvalue weighted by molar-refractivity contribution is -0.132. The van der Waals surface area contributed by atoms with Crippen molar-refractivity contribution in [3.63, 3.8) is 0 Å². The number of nitrogens with zero attached hydrogens (tertiary/aromatic N) is 4. The summed E-state index contributed by atoms with van der Waals surface area (Å²) in [6, 6.07) is 15.4. The maximum Gasteiger partial charge on any atom is 0.252 e. The molecule has 6 rings (SSSR count). The molecule has 0 radical (unpaired) electrons. The van der Waals surface area contributed by atoms with E-state index < -0.39 is 0 Å². The fourth-order valence-corrected chi connectivity index (χ4v) is 5.92. The van der Waals surface area contributed by atoms with Crippen molar-refractivity contribution in [2.75, 3.05) is 19.1 Å². The van der Waals surface area contributed by atoms with E-state index in [-0.39, 0.29) is 30.3 Å². The average Bonchev–Trinajstić information content (AvgIpc) is 3.63. The molecule has 1 fully saturated rings. The fourth-order valence-electron chi connectivity index (χ4n) is 5.32. The molecule has 0 spiro atoms. The second-order valence-electron chi connectivity index (χ2n) is 10.3. The number of hydrogen-bond acceptors (Lipinski definition) is 7. The smallest absolute Gasteiger partial charge is 0.252 e. The van der Waals surface area contributed by atoms with Crippen LogP contribution in [0.2, 0.25) is 0 Å². The van der Waals surface area contributed by atoms with Crippen LogP contribution in [-0.2, 0) is 17.9 Å². The molecular weight excluding hydrogens is 510 g/mol. The number of hydrogen-bond donors (Lipinski definition) is 1. The molecule has 1 atom stereocenters. The number of ether oxygens (including phenoxy) is 1. The molecule has 0 bridgehead atoms. The van der Waals surface area contributed by atoms with E-state index in [2.05, 4.69) is 26.6 Å². The summed E-state index contributed by atoms with van der Waals surface area (Å²) in [7, 11) is 3.66. The number of thiazole rings is 1. The van der Waals surface area contributed by atoms with Gasteiger partial charge in [0.2, 0.25) is 5.91 Å². The van der Waals surface area contributed by atoms with Crippen molar-refractivity contribution < 1.29 is 14.3 Å². The second-order valence-corrected chi connectivity index (χ2v) is 11.4. The monoisotopic (exact) mass is 541 g/mol. The first-order valence-corrected chi connectivity index (χ1v) is 14.1. The third kappa shape index (κ3) is 5.18. The maximum absolute atomic E-state index is 13.7. The molecule has 3 heterocycles. The van der Waals surface area contributed by atoms with Gasteiger partial charge in [0, 0.05) is 47.6 Å². The lowest BCUT2D eigenvalue weighted by atomic mass is 10.0. The first kappa shape index (κ1) is 25.3. The molecule has 1 N–H and O–H groups in total. The normalized spacial score (nSPS) is 16.2. The fraction of sp³-hybridized carbons (Fsp3) is 0.333. The van der Waals surface area contributed by atoms with Crippen LogP contribution in [0.5, 0.6) is 5.75 Å². The lowest BCUT2D eigenvalue weighted by Gasteiger charge is -2.28. The Balaban J connectivity index is 1.31. The van der Waals surface area contributed by atoms with Crippen molar-refractivity contribution in [3.8, 4) is 5.75 Å². The Hall–Kier alpha value is -3.98. The minimum absolute atomic E-state index is 0.0399. The van der Waals surface area contributed by atoms with Gasteiger partial charge in [0.15, 0.2) is 0 Å². The minimum Gasteiger partial charge on any atom is -0.497 e. The maximum atomic E-state index is 13.7. The molecule has 2 aliphatic rings. The van der Waals surface area contributed by atoms with E-state index in [9.17, 15) is 9.59 Å². The highest BCUT2D eigenvalue weighted by molar-refractivity contribution is 7.09. The van der Waals surface area contributed by atoms with E-state index >= 15 is 0 Å². The van der Waals surface area contributed by atoms with Crippen LogP contribution in [0.15, 0.2) is 53.9 Å². The van der Waals surface area contributed by atoms with Gasteiger partial charge in [-0.1, -0.05) is 18.2 Å². The van der Waals surface area contributed by atoms with Crippen LogP contribution < -0.4 is 15.0 Å². The number of anilines is 1. The Bertz CT molecular complexity index is 1560. The van der Waals surface area contributed by atoms with E-state index in [1.807, 2.05) is 61.3 Å². The first-order chi connectivity index (χ1) is 18.9. The largest absolute Gasteiger partial charge is 0.497 e. The number of benzene rings is 2. The third-order valence-electron chi connectivity index (χ3n) is 7.42. The van der Waals surface area contributed by atoms with Gasteiger partial charge in [-0.05, 0) is 49.6 Å². The number of aromatic nitrogens is 2. The molecule has 2 aromatic heterocycles. The SMILES string of the molecule is COc1ccc2cc(CN(C(=O)CC3NC(=O)c4ccccc43)C3CC3)c(N(C)Cc3csc(C)n3)nc2c1. The van der Waals surface area contributed by atoms with Crippen LogP contribution in [0.25, 0.3) is 10.9 Å². The van der Waals surface area contributed by atoms with E-state index in [1.54, 1.807) is 18.4 Å². The molecule has 1 aliphatic heterocycles. The molecule has 1 unspecified atom stereocenters. The second kappa shape index (κ2) is 10.3. The molecule has 2 aromatic carbocycles. The highest BCUT2D eigenvalue weighted by Gasteiger charge is 2.37. The van der Waals surface area contributed by atoms with Gasteiger partial charge in [-0.15, -0.1) is 11.3 Å². The summed E-state index contributed by atoms with van der Waals surface area (Å²) in [6.07, 6.45) is 2.21. The third-order valence-corrected chi connectivity index (χ3v) is 8.24. The van der Waals surface area contributed by atoms with E-state index in [0.717, 1.165) is 57.1 Å². The van der Waals surface area contributed by atoms with Gasteiger partial charge in [-0.3, -0.25) is 9.59 Å². The van der Waals surface area contributed by atoms with Crippen molar-refractivity contribution in [3.05, 3.63) is 81.3 Å². The van der Waals surface area contributed by atoms with E-state index in [4.69, 9.17) is 9.72 Å². The molecule has 4 aromatic rings. The molecule has 9 heteroatoms. The van der Waals surface area contributed by atoms with Crippen LogP contribution in [0.1, 0.15) is 57.5 Å². The van der Waals surface area contributed by atoms with Crippen LogP contribution in [0.4, 0.5) is 5.82 Å².